The van der Waals surface area contributed by atoms with Crippen LogP contribution < -0.4 is 0 Å². The Labute approximate surface area is 76.6 Å². The van der Waals surface area contributed by atoms with E-state index in [2.05, 4.69) is 51.0 Å². The van der Waals surface area contributed by atoms with Gasteiger partial charge < -0.3 is 0 Å². The maximum atomic E-state index is 4.00. The number of hydrogen-bond acceptors (Lipinski definition) is 0. The summed E-state index contributed by atoms with van der Waals surface area (Å²) in [4.78, 5) is 0. The maximum absolute atomic E-state index is 4.00. The van der Waals surface area contributed by atoms with Gasteiger partial charge in [-0.15, -0.1) is 12.8 Å². The molecule has 0 atom stereocenters. The molecule has 0 heterocycles. The van der Waals surface area contributed by atoms with Gasteiger partial charge in [-0.25, -0.2) is 0 Å². The van der Waals surface area contributed by atoms with Crippen molar-refractivity contribution < 1.29 is 0 Å². The molecule has 0 saturated heterocycles. The Kier molecular flexibility index (Phi) is 10.9. The summed E-state index contributed by atoms with van der Waals surface area (Å²) in [6.45, 7) is 8.19. The second-order valence-corrected chi connectivity index (χ2v) is 2.15. The lowest BCUT2D eigenvalue weighted by Gasteiger charge is -1.90. The fourth-order valence-corrected chi connectivity index (χ4v) is 0.637. The van der Waals surface area contributed by atoms with E-state index in [-0.39, 0.29) is 0 Å². The summed E-state index contributed by atoms with van der Waals surface area (Å²) in [6.07, 6.45) is 8.00. The molecule has 0 aliphatic rings. The molecule has 1 aromatic carbocycles. The fraction of sp³-hybridized carbons (Fsp3) is 0.333. The number of terminal acetylenes is 1. The average Bonchev–Trinajstić information content (AvgIpc) is 2.17. The van der Waals surface area contributed by atoms with Crippen LogP contribution in [0.2, 0.25) is 0 Å². The van der Waals surface area contributed by atoms with Crippen molar-refractivity contribution in [3.63, 3.8) is 0 Å². The molecule has 0 aliphatic carbocycles. The van der Waals surface area contributed by atoms with Gasteiger partial charge >= 0.3 is 0 Å². The maximum Gasteiger partial charge on any atom is -0.0398 e. The van der Waals surface area contributed by atoms with Crippen molar-refractivity contribution in [3.05, 3.63) is 35.4 Å². The molecule has 0 fully saturated rings. The third kappa shape index (κ3) is 6.89. The second kappa shape index (κ2) is 9.78. The molecule has 0 heteroatoms. The van der Waals surface area contributed by atoms with Crippen LogP contribution in [0.4, 0.5) is 0 Å². The highest BCUT2D eigenvalue weighted by Crippen LogP contribution is 1.99. The van der Waals surface area contributed by atoms with Gasteiger partial charge in [-0.2, -0.15) is 0 Å². The summed E-state index contributed by atoms with van der Waals surface area (Å²) in [6, 6.07) is 8.48. The van der Waals surface area contributed by atoms with Crippen LogP contribution in [0.15, 0.2) is 24.3 Å². The Balaban J connectivity index is 0. The van der Waals surface area contributed by atoms with E-state index in [4.69, 9.17) is 0 Å². The van der Waals surface area contributed by atoms with Crippen LogP contribution in [0.3, 0.4) is 0 Å². The summed E-state index contributed by atoms with van der Waals surface area (Å²) in [7, 11) is 0. The molecule has 0 saturated carbocycles. The molecule has 0 nitrogen and oxygen atoms in total. The van der Waals surface area contributed by atoms with Crippen molar-refractivity contribution >= 4 is 0 Å². The number of rotatable bonds is 0. The quantitative estimate of drug-likeness (QED) is 0.511. The molecular formula is C12H18. The minimum Gasteiger partial charge on any atom is -0.124 e. The van der Waals surface area contributed by atoms with Crippen molar-refractivity contribution in [2.75, 3.05) is 0 Å². The smallest absolute Gasteiger partial charge is 0.0398 e. The molecule has 0 aliphatic heterocycles. The van der Waals surface area contributed by atoms with Crippen LogP contribution in [0.25, 0.3) is 0 Å². The van der Waals surface area contributed by atoms with Crippen molar-refractivity contribution in [2.45, 2.75) is 27.7 Å². The van der Waals surface area contributed by atoms with Crippen LogP contribution >= 0.6 is 0 Å². The van der Waals surface area contributed by atoms with Crippen LogP contribution in [-0.2, 0) is 0 Å². The monoisotopic (exact) mass is 162 g/mol. The molecule has 0 N–H and O–H groups in total. The lowest BCUT2D eigenvalue weighted by Crippen LogP contribution is -1.70. The molecule has 0 bridgehead atoms. The third-order valence-corrected chi connectivity index (χ3v) is 1.22. The van der Waals surface area contributed by atoms with Gasteiger partial charge in [0.15, 0.2) is 0 Å². The van der Waals surface area contributed by atoms with Gasteiger partial charge in [-0.05, 0) is 13.8 Å². The van der Waals surface area contributed by atoms with Gasteiger partial charge in [-0.1, -0.05) is 49.2 Å². The van der Waals surface area contributed by atoms with Gasteiger partial charge in [0.1, 0.15) is 0 Å². The number of aryl methyl sites for hydroxylation is 2. The van der Waals surface area contributed by atoms with Gasteiger partial charge in [0, 0.05) is 0 Å². The molecule has 66 valence electrons. The lowest BCUT2D eigenvalue weighted by molar-refractivity contribution is 1.40. The molecule has 0 unspecified atom stereocenters. The van der Waals surface area contributed by atoms with E-state index in [1.54, 1.807) is 0 Å². The van der Waals surface area contributed by atoms with Gasteiger partial charge in [0.05, 0.1) is 0 Å². The average molecular weight is 162 g/mol. The minimum absolute atomic E-state index is 1.33. The van der Waals surface area contributed by atoms with E-state index in [1.165, 1.54) is 11.1 Å². The Hall–Kier alpha value is -1.22. The summed E-state index contributed by atoms with van der Waals surface area (Å²) < 4.78 is 0. The normalized spacial score (nSPS) is 6.83. The van der Waals surface area contributed by atoms with E-state index >= 15 is 0 Å². The van der Waals surface area contributed by atoms with E-state index < -0.39 is 0 Å². The Morgan fingerprint density at radius 3 is 1.08 bits per heavy atom. The van der Waals surface area contributed by atoms with Crippen molar-refractivity contribution in [3.8, 4) is 12.8 Å². The molecule has 0 spiro atoms. The zero-order chi connectivity index (χ0) is 9.98. The van der Waals surface area contributed by atoms with E-state index in [0.29, 0.717) is 0 Å². The second-order valence-electron chi connectivity index (χ2n) is 2.15. The topological polar surface area (TPSA) is 0 Å². The fourth-order valence-electron chi connectivity index (χ4n) is 0.637. The lowest BCUT2D eigenvalue weighted by atomic mass is 10.2. The Morgan fingerprint density at radius 1 is 0.750 bits per heavy atom. The van der Waals surface area contributed by atoms with Crippen LogP contribution in [0.1, 0.15) is 25.0 Å². The van der Waals surface area contributed by atoms with Gasteiger partial charge in [0.2, 0.25) is 0 Å². The zero-order valence-corrected chi connectivity index (χ0v) is 8.46. The highest BCUT2D eigenvalue weighted by Gasteiger charge is 1.79. The SMILES string of the molecule is C#C.CC.Cc1ccc(C)cc1. The summed E-state index contributed by atoms with van der Waals surface area (Å²) in [5, 5.41) is 0. The first-order valence-electron chi connectivity index (χ1n) is 4.15. The predicted molar refractivity (Wildman–Crippen MR) is 57.2 cm³/mol. The Morgan fingerprint density at radius 2 is 0.917 bits per heavy atom. The predicted octanol–water partition coefficient (Wildman–Crippen LogP) is 3.58. The summed E-state index contributed by atoms with van der Waals surface area (Å²) >= 11 is 0. The largest absolute Gasteiger partial charge is 0.124 e. The zero-order valence-electron chi connectivity index (χ0n) is 8.46. The molecule has 1 rings (SSSR count). The van der Waals surface area contributed by atoms with Crippen LogP contribution in [-0.4, -0.2) is 0 Å². The van der Waals surface area contributed by atoms with E-state index in [1.807, 2.05) is 13.8 Å². The van der Waals surface area contributed by atoms with Gasteiger partial charge in [0.25, 0.3) is 0 Å². The van der Waals surface area contributed by atoms with E-state index in [9.17, 15) is 0 Å². The first-order valence-corrected chi connectivity index (χ1v) is 4.15. The van der Waals surface area contributed by atoms with Crippen molar-refractivity contribution in [2.24, 2.45) is 0 Å². The highest BCUT2D eigenvalue weighted by molar-refractivity contribution is 5.19. The van der Waals surface area contributed by atoms with Gasteiger partial charge in [-0.3, -0.25) is 0 Å². The van der Waals surface area contributed by atoms with E-state index in [0.717, 1.165) is 0 Å². The standard InChI is InChI=1S/C8H10.C2H6.C2H2/c1-7-3-5-8(2)6-4-7;2*1-2/h3-6H,1-2H3;1-2H3;1-2H. The summed E-state index contributed by atoms with van der Waals surface area (Å²) in [5.41, 5.74) is 2.66. The molecule has 12 heavy (non-hydrogen) atoms. The molecule has 0 aromatic heterocycles. The highest BCUT2D eigenvalue weighted by atomic mass is 13.9. The molecular weight excluding hydrogens is 144 g/mol. The molecule has 0 radical (unpaired) electrons. The van der Waals surface area contributed by atoms with Crippen molar-refractivity contribution in [1.82, 2.24) is 0 Å². The number of hydrogen-bond donors (Lipinski definition) is 0. The summed E-state index contributed by atoms with van der Waals surface area (Å²) in [5.74, 6) is 0. The van der Waals surface area contributed by atoms with Crippen LogP contribution in [0, 0.1) is 26.7 Å². The van der Waals surface area contributed by atoms with Crippen LogP contribution in [0.5, 0.6) is 0 Å². The first kappa shape index (κ1) is 13.4. The third-order valence-electron chi connectivity index (χ3n) is 1.22. The molecule has 0 amide bonds. The first-order chi connectivity index (χ1) is 5.79. The Bertz CT molecular complexity index is 170. The minimum atomic E-state index is 1.33. The molecule has 1 aromatic rings. The van der Waals surface area contributed by atoms with Crippen molar-refractivity contribution in [1.29, 1.82) is 0 Å². The number of benzene rings is 1.